The predicted octanol–water partition coefficient (Wildman–Crippen LogP) is 1.32. The summed E-state index contributed by atoms with van der Waals surface area (Å²) in [5.74, 6) is 0.320. The van der Waals surface area contributed by atoms with E-state index in [0.717, 1.165) is 0 Å². The quantitative estimate of drug-likeness (QED) is 0.794. The van der Waals surface area contributed by atoms with Gasteiger partial charge in [-0.2, -0.15) is 12.7 Å². The topological polar surface area (TPSA) is 75.7 Å². The normalized spacial score (nSPS) is 20.4. The number of ether oxygens (including phenoxy) is 1. The lowest BCUT2D eigenvalue weighted by Crippen LogP contribution is -2.47. The van der Waals surface area contributed by atoms with Crippen LogP contribution in [0, 0.1) is 5.92 Å². The number of nitrogens with zero attached hydrogens (tertiary/aromatic N) is 1. The third-order valence-electron chi connectivity index (χ3n) is 2.98. The number of hydrogen-bond donors (Lipinski definition) is 1. The van der Waals surface area contributed by atoms with Gasteiger partial charge in [-0.3, -0.25) is 0 Å². The highest BCUT2D eigenvalue weighted by atomic mass is 35.5. The summed E-state index contributed by atoms with van der Waals surface area (Å²) in [5, 5.41) is 0.0351. The van der Waals surface area contributed by atoms with Crippen LogP contribution in [0.15, 0.2) is 0 Å². The summed E-state index contributed by atoms with van der Waals surface area (Å²) in [6, 6.07) is 0. The van der Waals surface area contributed by atoms with Crippen LogP contribution in [0.1, 0.15) is 26.7 Å². The van der Waals surface area contributed by atoms with Crippen molar-refractivity contribution in [3.63, 3.8) is 0 Å². The van der Waals surface area contributed by atoms with Crippen molar-refractivity contribution in [2.45, 2.75) is 32.1 Å². The van der Waals surface area contributed by atoms with Crippen molar-refractivity contribution < 1.29 is 17.9 Å². The molecule has 106 valence electrons. The number of halogens is 1. The zero-order chi connectivity index (χ0) is 13.8. The van der Waals surface area contributed by atoms with Crippen molar-refractivity contribution in [2.75, 3.05) is 19.7 Å². The maximum Gasteiger partial charge on any atom is 0.421 e. The third kappa shape index (κ3) is 4.29. The highest BCUT2D eigenvalue weighted by Gasteiger charge is 2.30. The minimum atomic E-state index is -3.79. The van der Waals surface area contributed by atoms with Gasteiger partial charge in [0.15, 0.2) is 0 Å². The summed E-state index contributed by atoms with van der Waals surface area (Å²) >= 11 is 5.99. The molecule has 18 heavy (non-hydrogen) atoms. The fourth-order valence-electron chi connectivity index (χ4n) is 1.91. The number of hydrogen-bond acceptors (Lipinski definition) is 4. The highest BCUT2D eigenvalue weighted by molar-refractivity contribution is 7.87. The number of nitrogens with one attached hydrogen (secondary N) is 1. The van der Waals surface area contributed by atoms with E-state index in [1.165, 1.54) is 4.31 Å². The Balaban J connectivity index is 2.53. The molecule has 0 radical (unpaired) electrons. The second kappa shape index (κ2) is 6.58. The van der Waals surface area contributed by atoms with Gasteiger partial charge in [0.2, 0.25) is 0 Å². The number of carbonyl (C=O) groups is 1. The number of carbonyl (C=O) groups excluding carboxylic acids is 1. The molecule has 1 rings (SSSR count). The van der Waals surface area contributed by atoms with Crippen molar-refractivity contribution in [1.29, 1.82) is 0 Å². The number of piperidine rings is 1. The van der Waals surface area contributed by atoms with E-state index in [1.807, 2.05) is 11.6 Å². The maximum absolute atomic E-state index is 11.8. The van der Waals surface area contributed by atoms with E-state index < -0.39 is 16.3 Å². The van der Waals surface area contributed by atoms with Gasteiger partial charge in [0.25, 0.3) is 0 Å². The summed E-state index contributed by atoms with van der Waals surface area (Å²) in [7, 11) is -3.79. The first-order chi connectivity index (χ1) is 8.36. The molecule has 1 saturated heterocycles. The van der Waals surface area contributed by atoms with Gasteiger partial charge >= 0.3 is 16.3 Å². The summed E-state index contributed by atoms with van der Waals surface area (Å²) < 4.78 is 31.3. The van der Waals surface area contributed by atoms with E-state index in [0.29, 0.717) is 31.8 Å². The average molecular weight is 299 g/mol. The van der Waals surface area contributed by atoms with Crippen LogP contribution < -0.4 is 4.72 Å². The summed E-state index contributed by atoms with van der Waals surface area (Å²) in [5.41, 5.74) is 0. The first-order valence-corrected chi connectivity index (χ1v) is 7.83. The molecule has 0 bridgehead atoms. The Labute approximate surface area is 113 Å². The lowest BCUT2D eigenvalue weighted by Gasteiger charge is -2.31. The first-order valence-electron chi connectivity index (χ1n) is 5.95. The average Bonchev–Trinajstić information content (AvgIpc) is 2.28. The fraction of sp³-hybridized carbons (Fsp3) is 0.900. The molecule has 1 amide bonds. The van der Waals surface area contributed by atoms with Crippen molar-refractivity contribution in [3.05, 3.63) is 0 Å². The third-order valence-corrected chi connectivity index (χ3v) is 4.80. The Kier molecular flexibility index (Phi) is 5.68. The lowest BCUT2D eigenvalue weighted by atomic mass is 9.95. The molecule has 1 unspecified atom stereocenters. The molecular weight excluding hydrogens is 280 g/mol. The van der Waals surface area contributed by atoms with Crippen molar-refractivity contribution in [2.24, 2.45) is 5.92 Å². The van der Waals surface area contributed by atoms with Crippen molar-refractivity contribution >= 4 is 27.9 Å². The molecule has 1 atom stereocenters. The van der Waals surface area contributed by atoms with Crippen LogP contribution in [0.25, 0.3) is 0 Å². The van der Waals surface area contributed by atoms with E-state index in [-0.39, 0.29) is 12.0 Å². The molecular formula is C10H19ClN2O4S. The summed E-state index contributed by atoms with van der Waals surface area (Å²) in [4.78, 5) is 11.1. The number of alkyl halides is 1. The second-order valence-corrected chi connectivity index (χ2v) is 6.60. The largest absolute Gasteiger partial charge is 0.449 e. The van der Waals surface area contributed by atoms with Gasteiger partial charge in [0.1, 0.15) is 0 Å². The Bertz CT molecular complexity index is 377. The van der Waals surface area contributed by atoms with Crippen LogP contribution in [-0.2, 0) is 14.9 Å². The molecule has 0 aliphatic carbocycles. The van der Waals surface area contributed by atoms with Gasteiger partial charge in [-0.1, -0.05) is 0 Å². The number of rotatable bonds is 4. The minimum absolute atomic E-state index is 0.0351. The molecule has 1 aliphatic rings. The van der Waals surface area contributed by atoms with Gasteiger partial charge in [0, 0.05) is 18.5 Å². The molecule has 0 aromatic rings. The predicted molar refractivity (Wildman–Crippen MR) is 68.7 cm³/mol. The molecule has 6 nitrogen and oxygen atoms in total. The second-order valence-electron chi connectivity index (χ2n) is 4.24. The molecule has 1 fully saturated rings. The molecule has 0 aromatic heterocycles. The molecule has 1 N–H and O–H groups in total. The van der Waals surface area contributed by atoms with E-state index in [9.17, 15) is 13.2 Å². The van der Waals surface area contributed by atoms with Gasteiger partial charge in [-0.25, -0.2) is 9.52 Å². The van der Waals surface area contributed by atoms with Gasteiger partial charge in [-0.15, -0.1) is 11.6 Å². The Morgan fingerprint density at radius 1 is 1.50 bits per heavy atom. The lowest BCUT2D eigenvalue weighted by molar-refractivity contribution is 0.157. The molecule has 0 saturated carbocycles. The first kappa shape index (κ1) is 15.5. The van der Waals surface area contributed by atoms with Crippen LogP contribution in [0.4, 0.5) is 4.79 Å². The Morgan fingerprint density at radius 3 is 2.50 bits per heavy atom. The van der Waals surface area contributed by atoms with Crippen molar-refractivity contribution in [3.8, 4) is 0 Å². The molecule has 1 aliphatic heterocycles. The van der Waals surface area contributed by atoms with Gasteiger partial charge in [0.05, 0.1) is 6.61 Å². The van der Waals surface area contributed by atoms with Gasteiger partial charge < -0.3 is 4.74 Å². The van der Waals surface area contributed by atoms with Crippen LogP contribution in [0.2, 0.25) is 0 Å². The molecule has 8 heteroatoms. The van der Waals surface area contributed by atoms with E-state index in [1.54, 1.807) is 6.92 Å². The standard InChI is InChI=1S/C10H19ClN2O4S/c1-3-17-10(14)12-18(15,16)13-6-4-9(5-7-13)8(2)11/h8-9H,3-7H2,1-2H3,(H,12,14). The van der Waals surface area contributed by atoms with Crippen molar-refractivity contribution in [1.82, 2.24) is 9.03 Å². The highest BCUT2D eigenvalue weighted by Crippen LogP contribution is 2.24. The maximum atomic E-state index is 11.8. The van der Waals surface area contributed by atoms with Crippen LogP contribution in [-0.4, -0.2) is 43.9 Å². The van der Waals surface area contributed by atoms with E-state index in [4.69, 9.17) is 11.6 Å². The van der Waals surface area contributed by atoms with Crippen LogP contribution in [0.5, 0.6) is 0 Å². The summed E-state index contributed by atoms with van der Waals surface area (Å²) in [6.07, 6.45) is 0.466. The van der Waals surface area contributed by atoms with Crippen LogP contribution in [0.3, 0.4) is 0 Å². The van der Waals surface area contributed by atoms with E-state index in [2.05, 4.69) is 4.74 Å². The minimum Gasteiger partial charge on any atom is -0.449 e. The zero-order valence-corrected chi connectivity index (χ0v) is 12.1. The van der Waals surface area contributed by atoms with E-state index >= 15 is 0 Å². The Morgan fingerprint density at radius 2 is 2.06 bits per heavy atom. The fourth-order valence-corrected chi connectivity index (χ4v) is 3.25. The number of amides is 1. The Hall–Kier alpha value is -0.530. The monoisotopic (exact) mass is 298 g/mol. The zero-order valence-electron chi connectivity index (χ0n) is 10.6. The molecule has 0 spiro atoms. The summed E-state index contributed by atoms with van der Waals surface area (Å²) in [6.45, 7) is 4.40. The smallest absolute Gasteiger partial charge is 0.421 e. The molecule has 0 aromatic carbocycles. The van der Waals surface area contributed by atoms with Gasteiger partial charge in [-0.05, 0) is 32.6 Å². The molecule has 1 heterocycles. The van der Waals surface area contributed by atoms with Crippen LogP contribution >= 0.6 is 11.6 Å². The SMILES string of the molecule is CCOC(=O)NS(=O)(=O)N1CCC(C(C)Cl)CC1.